The molecule has 0 bridgehead atoms. The Bertz CT molecular complexity index is 157. The second-order valence-corrected chi connectivity index (χ2v) is 5.19. The van der Waals surface area contributed by atoms with E-state index < -0.39 is 5.60 Å². The maximum atomic E-state index is 9.52. The van der Waals surface area contributed by atoms with E-state index in [4.69, 9.17) is 0 Å². The third-order valence-electron chi connectivity index (χ3n) is 2.83. The number of nitrogens with zero attached hydrogens (tertiary/aromatic N) is 1. The first kappa shape index (κ1) is 12.0. The fraction of sp³-hybridized carbons (Fsp3) is 1.00. The van der Waals surface area contributed by atoms with Crippen LogP contribution in [-0.4, -0.2) is 48.8 Å². The largest absolute Gasteiger partial charge is 0.389 e. The van der Waals surface area contributed by atoms with Gasteiger partial charge in [0.25, 0.3) is 0 Å². The molecule has 1 rings (SSSR count). The van der Waals surface area contributed by atoms with Gasteiger partial charge in [-0.3, -0.25) is 0 Å². The van der Waals surface area contributed by atoms with Gasteiger partial charge in [-0.2, -0.15) is 0 Å². The maximum Gasteiger partial charge on any atom is 0.0715 e. The summed E-state index contributed by atoms with van der Waals surface area (Å²) in [6.07, 6.45) is 2.57. The van der Waals surface area contributed by atoms with Crippen molar-refractivity contribution in [2.24, 2.45) is 5.92 Å². The standard InChI is InChI=1S/C11H24N2O/c1-11(2,14)9-12-8-10-4-6-13(3)7-5-10/h10,12,14H,4-9H2,1-3H3. The molecule has 0 aromatic rings. The molecule has 1 aliphatic rings. The molecule has 1 saturated heterocycles. The molecule has 0 radical (unpaired) electrons. The Morgan fingerprint density at radius 2 is 1.93 bits per heavy atom. The van der Waals surface area contributed by atoms with Gasteiger partial charge < -0.3 is 15.3 Å². The minimum atomic E-state index is -0.578. The van der Waals surface area contributed by atoms with Crippen molar-refractivity contribution in [1.82, 2.24) is 10.2 Å². The minimum absolute atomic E-state index is 0.578. The highest BCUT2D eigenvalue weighted by molar-refractivity contribution is 4.74. The number of piperidine rings is 1. The molecule has 14 heavy (non-hydrogen) atoms. The highest BCUT2D eigenvalue weighted by Crippen LogP contribution is 2.14. The third kappa shape index (κ3) is 4.94. The second-order valence-electron chi connectivity index (χ2n) is 5.19. The van der Waals surface area contributed by atoms with Crippen LogP contribution in [0.25, 0.3) is 0 Å². The third-order valence-corrected chi connectivity index (χ3v) is 2.83. The van der Waals surface area contributed by atoms with E-state index in [0.29, 0.717) is 6.54 Å². The van der Waals surface area contributed by atoms with Crippen LogP contribution in [0.3, 0.4) is 0 Å². The SMILES string of the molecule is CN1CCC(CNCC(C)(C)O)CC1. The van der Waals surface area contributed by atoms with Gasteiger partial charge in [0.2, 0.25) is 0 Å². The lowest BCUT2D eigenvalue weighted by molar-refractivity contribution is 0.0773. The van der Waals surface area contributed by atoms with Crippen LogP contribution < -0.4 is 5.32 Å². The Labute approximate surface area is 87.5 Å². The van der Waals surface area contributed by atoms with Crippen molar-refractivity contribution in [1.29, 1.82) is 0 Å². The highest BCUT2D eigenvalue weighted by Gasteiger charge is 2.17. The molecule has 1 aliphatic heterocycles. The van der Waals surface area contributed by atoms with Gasteiger partial charge in [-0.1, -0.05) is 0 Å². The van der Waals surface area contributed by atoms with Gasteiger partial charge in [0.15, 0.2) is 0 Å². The lowest BCUT2D eigenvalue weighted by Gasteiger charge is -2.29. The van der Waals surface area contributed by atoms with Crippen molar-refractivity contribution in [3.8, 4) is 0 Å². The van der Waals surface area contributed by atoms with Gasteiger partial charge in [0, 0.05) is 6.54 Å². The van der Waals surface area contributed by atoms with Crippen LogP contribution in [0, 0.1) is 5.92 Å². The Morgan fingerprint density at radius 3 is 2.43 bits per heavy atom. The number of rotatable bonds is 4. The molecular formula is C11H24N2O. The summed E-state index contributed by atoms with van der Waals surface area (Å²) < 4.78 is 0. The van der Waals surface area contributed by atoms with Gasteiger partial charge in [0.1, 0.15) is 0 Å². The number of hydrogen-bond donors (Lipinski definition) is 2. The molecule has 2 N–H and O–H groups in total. The summed E-state index contributed by atoms with van der Waals surface area (Å²) in [4.78, 5) is 2.38. The first-order chi connectivity index (χ1) is 6.47. The van der Waals surface area contributed by atoms with Gasteiger partial charge >= 0.3 is 0 Å². The van der Waals surface area contributed by atoms with E-state index in [2.05, 4.69) is 17.3 Å². The topological polar surface area (TPSA) is 35.5 Å². The minimum Gasteiger partial charge on any atom is -0.389 e. The van der Waals surface area contributed by atoms with E-state index in [9.17, 15) is 5.11 Å². The Kier molecular flexibility index (Phi) is 4.35. The van der Waals surface area contributed by atoms with Crippen molar-refractivity contribution in [2.45, 2.75) is 32.3 Å². The maximum absolute atomic E-state index is 9.52. The zero-order valence-electron chi connectivity index (χ0n) is 9.71. The van der Waals surface area contributed by atoms with Crippen LogP contribution in [0.5, 0.6) is 0 Å². The van der Waals surface area contributed by atoms with Crippen molar-refractivity contribution < 1.29 is 5.11 Å². The number of likely N-dealkylation sites (tertiary alicyclic amines) is 1. The average Bonchev–Trinajstić information content (AvgIpc) is 2.06. The average molecular weight is 200 g/mol. The predicted molar refractivity (Wildman–Crippen MR) is 59.4 cm³/mol. The monoisotopic (exact) mass is 200 g/mol. The predicted octanol–water partition coefficient (Wildman–Crippen LogP) is 0.689. The zero-order chi connectivity index (χ0) is 10.6. The molecule has 0 aliphatic carbocycles. The summed E-state index contributed by atoms with van der Waals surface area (Å²) in [5, 5.41) is 12.9. The van der Waals surface area contributed by atoms with Crippen molar-refractivity contribution in [2.75, 3.05) is 33.2 Å². The van der Waals surface area contributed by atoms with E-state index in [1.165, 1.54) is 25.9 Å². The van der Waals surface area contributed by atoms with Crippen LogP contribution >= 0.6 is 0 Å². The molecule has 0 aromatic carbocycles. The molecule has 3 nitrogen and oxygen atoms in total. The molecule has 84 valence electrons. The number of nitrogens with one attached hydrogen (secondary N) is 1. The van der Waals surface area contributed by atoms with E-state index in [1.54, 1.807) is 0 Å². The molecular weight excluding hydrogens is 176 g/mol. The summed E-state index contributed by atoms with van der Waals surface area (Å²) in [7, 11) is 2.18. The van der Waals surface area contributed by atoms with E-state index in [1.807, 2.05) is 13.8 Å². The Hall–Kier alpha value is -0.120. The van der Waals surface area contributed by atoms with Crippen LogP contribution in [0.2, 0.25) is 0 Å². The lowest BCUT2D eigenvalue weighted by atomic mass is 9.97. The molecule has 3 heteroatoms. The lowest BCUT2D eigenvalue weighted by Crippen LogP contribution is -2.40. The molecule has 0 aromatic heterocycles. The van der Waals surface area contributed by atoms with Crippen molar-refractivity contribution in [3.63, 3.8) is 0 Å². The fourth-order valence-corrected chi connectivity index (χ4v) is 1.85. The smallest absolute Gasteiger partial charge is 0.0715 e. The summed E-state index contributed by atoms with van der Waals surface area (Å²) in [6.45, 7) is 7.87. The first-order valence-electron chi connectivity index (χ1n) is 5.59. The summed E-state index contributed by atoms with van der Waals surface area (Å²) in [5.41, 5.74) is -0.578. The molecule has 0 saturated carbocycles. The van der Waals surface area contributed by atoms with Crippen LogP contribution in [0.4, 0.5) is 0 Å². The van der Waals surface area contributed by atoms with Crippen molar-refractivity contribution in [3.05, 3.63) is 0 Å². The van der Waals surface area contributed by atoms with E-state index in [-0.39, 0.29) is 0 Å². The van der Waals surface area contributed by atoms with Gasteiger partial charge in [-0.05, 0) is 59.3 Å². The molecule has 0 atom stereocenters. The normalized spacial score (nSPS) is 21.4. The first-order valence-corrected chi connectivity index (χ1v) is 5.59. The molecule has 0 unspecified atom stereocenters. The van der Waals surface area contributed by atoms with Gasteiger partial charge in [-0.15, -0.1) is 0 Å². The second kappa shape index (κ2) is 5.10. The molecule has 0 spiro atoms. The summed E-state index contributed by atoms with van der Waals surface area (Å²) >= 11 is 0. The quantitative estimate of drug-likeness (QED) is 0.701. The fourth-order valence-electron chi connectivity index (χ4n) is 1.85. The highest BCUT2D eigenvalue weighted by atomic mass is 16.3. The van der Waals surface area contributed by atoms with Crippen LogP contribution in [0.15, 0.2) is 0 Å². The number of hydrogen-bond acceptors (Lipinski definition) is 3. The van der Waals surface area contributed by atoms with Gasteiger partial charge in [0.05, 0.1) is 5.60 Å². The molecule has 0 amide bonds. The number of aliphatic hydroxyl groups is 1. The summed E-state index contributed by atoms with van der Waals surface area (Å²) in [6, 6.07) is 0. The van der Waals surface area contributed by atoms with Crippen molar-refractivity contribution >= 4 is 0 Å². The van der Waals surface area contributed by atoms with E-state index >= 15 is 0 Å². The van der Waals surface area contributed by atoms with Crippen LogP contribution in [-0.2, 0) is 0 Å². The zero-order valence-corrected chi connectivity index (χ0v) is 9.71. The van der Waals surface area contributed by atoms with E-state index in [0.717, 1.165) is 12.5 Å². The van der Waals surface area contributed by atoms with Crippen LogP contribution in [0.1, 0.15) is 26.7 Å². The summed E-state index contributed by atoms with van der Waals surface area (Å²) in [5.74, 6) is 0.800. The Balaban J connectivity index is 2.08. The Morgan fingerprint density at radius 1 is 1.36 bits per heavy atom. The molecule has 1 heterocycles. The molecule has 1 fully saturated rings. The van der Waals surface area contributed by atoms with Gasteiger partial charge in [-0.25, -0.2) is 0 Å².